The highest BCUT2D eigenvalue weighted by Gasteiger charge is 2.13. The monoisotopic (exact) mass is 396 g/mol. The number of guanidine groups is 1. The number of ether oxygens (including phenoxy) is 2. The molecule has 0 saturated carbocycles. The summed E-state index contributed by atoms with van der Waals surface area (Å²) >= 11 is 7.98. The molecule has 1 N–H and O–H groups in total. The fraction of sp³-hybridized carbons (Fsp3) is 0.444. The third kappa shape index (κ3) is 5.25. The molecule has 1 aromatic carbocycles. The Labute approximate surface area is 163 Å². The van der Waals surface area contributed by atoms with Gasteiger partial charge < -0.3 is 19.7 Å². The van der Waals surface area contributed by atoms with Crippen LogP contribution in [0.15, 0.2) is 22.5 Å². The van der Waals surface area contributed by atoms with Crippen LogP contribution in [0.4, 0.5) is 0 Å². The van der Waals surface area contributed by atoms with Crippen LogP contribution in [0.2, 0.25) is 5.02 Å². The van der Waals surface area contributed by atoms with Gasteiger partial charge in [-0.25, -0.2) is 4.98 Å². The minimum absolute atomic E-state index is 0.529. The molecule has 0 aliphatic heterocycles. The number of halogens is 1. The maximum atomic E-state index is 6.33. The van der Waals surface area contributed by atoms with Crippen LogP contribution < -0.4 is 14.8 Å². The topological polar surface area (TPSA) is 59.0 Å². The second-order valence-electron chi connectivity index (χ2n) is 5.66. The number of aryl methyl sites for hydroxylation is 1. The standard InChI is InChI=1S/C18H25ClN4O2S/c1-6-25-17-15(19)7-13(8-16(17)24-5)9-21-18(20-3)23(4)10-14-11-26-12(2)22-14/h7-8,11H,6,9-10H2,1-5H3,(H,20,21). The van der Waals surface area contributed by atoms with E-state index < -0.39 is 0 Å². The molecule has 142 valence electrons. The number of hydrogen-bond donors (Lipinski definition) is 1. The number of rotatable bonds is 7. The van der Waals surface area contributed by atoms with Gasteiger partial charge in [-0.15, -0.1) is 11.3 Å². The molecule has 0 unspecified atom stereocenters. The second kappa shape index (κ2) is 9.64. The number of aliphatic imine (C=N–C) groups is 1. The Morgan fingerprint density at radius 2 is 2.19 bits per heavy atom. The normalized spacial score (nSPS) is 11.4. The Bertz CT molecular complexity index is 764. The van der Waals surface area contributed by atoms with E-state index in [2.05, 4.69) is 20.7 Å². The molecule has 1 heterocycles. The predicted octanol–water partition coefficient (Wildman–Crippen LogP) is 3.72. The van der Waals surface area contributed by atoms with Crippen LogP contribution in [-0.2, 0) is 13.1 Å². The second-order valence-corrected chi connectivity index (χ2v) is 7.13. The smallest absolute Gasteiger partial charge is 0.194 e. The highest BCUT2D eigenvalue weighted by Crippen LogP contribution is 2.36. The largest absolute Gasteiger partial charge is 0.493 e. The molecular weight excluding hydrogens is 372 g/mol. The predicted molar refractivity (Wildman–Crippen MR) is 108 cm³/mol. The van der Waals surface area contributed by atoms with Gasteiger partial charge in [-0.2, -0.15) is 0 Å². The summed E-state index contributed by atoms with van der Waals surface area (Å²) in [6.07, 6.45) is 0. The van der Waals surface area contributed by atoms with Crippen molar-refractivity contribution in [1.29, 1.82) is 0 Å². The van der Waals surface area contributed by atoms with Crippen molar-refractivity contribution in [1.82, 2.24) is 15.2 Å². The van der Waals surface area contributed by atoms with E-state index in [9.17, 15) is 0 Å². The first kappa shape index (κ1) is 20.3. The van der Waals surface area contributed by atoms with Crippen LogP contribution in [-0.4, -0.2) is 43.7 Å². The Hall–Kier alpha value is -1.99. The summed E-state index contributed by atoms with van der Waals surface area (Å²) in [6, 6.07) is 3.79. The van der Waals surface area contributed by atoms with Crippen molar-refractivity contribution in [3.63, 3.8) is 0 Å². The number of aromatic nitrogens is 1. The lowest BCUT2D eigenvalue weighted by atomic mass is 10.2. The van der Waals surface area contributed by atoms with Gasteiger partial charge in [0.05, 0.1) is 36.0 Å². The molecular formula is C18H25ClN4O2S. The third-order valence-corrected chi connectivity index (χ3v) is 4.77. The maximum Gasteiger partial charge on any atom is 0.194 e. The lowest BCUT2D eigenvalue weighted by Gasteiger charge is -2.21. The zero-order chi connectivity index (χ0) is 19.1. The average Bonchev–Trinajstić information content (AvgIpc) is 3.02. The SMILES string of the molecule is CCOc1c(Cl)cc(CNC(=NC)N(C)Cc2csc(C)n2)cc1OC. The summed E-state index contributed by atoms with van der Waals surface area (Å²) in [5, 5.41) is 7.00. The third-order valence-electron chi connectivity index (χ3n) is 3.67. The van der Waals surface area contributed by atoms with Gasteiger partial charge in [0.15, 0.2) is 17.5 Å². The number of nitrogens with one attached hydrogen (secondary N) is 1. The Kier molecular flexibility index (Phi) is 7.53. The van der Waals surface area contributed by atoms with Gasteiger partial charge in [0.1, 0.15) is 0 Å². The Balaban J connectivity index is 2.04. The van der Waals surface area contributed by atoms with Crippen LogP contribution in [0.3, 0.4) is 0 Å². The van der Waals surface area contributed by atoms with Gasteiger partial charge in [-0.05, 0) is 31.5 Å². The molecule has 0 saturated heterocycles. The average molecular weight is 397 g/mol. The van der Waals surface area contributed by atoms with E-state index in [4.69, 9.17) is 21.1 Å². The lowest BCUT2D eigenvalue weighted by molar-refractivity contribution is 0.311. The van der Waals surface area contributed by atoms with E-state index in [1.54, 1.807) is 25.5 Å². The number of methoxy groups -OCH3 is 1. The molecule has 8 heteroatoms. The van der Waals surface area contributed by atoms with Crippen molar-refractivity contribution in [3.05, 3.63) is 38.8 Å². The van der Waals surface area contributed by atoms with Crippen LogP contribution in [0.25, 0.3) is 0 Å². The van der Waals surface area contributed by atoms with E-state index in [0.29, 0.717) is 36.2 Å². The Morgan fingerprint density at radius 3 is 2.77 bits per heavy atom. The van der Waals surface area contributed by atoms with E-state index in [0.717, 1.165) is 22.2 Å². The molecule has 26 heavy (non-hydrogen) atoms. The minimum atomic E-state index is 0.529. The molecule has 2 aromatic rings. The lowest BCUT2D eigenvalue weighted by Crippen LogP contribution is -2.38. The molecule has 0 atom stereocenters. The van der Waals surface area contributed by atoms with Crippen LogP contribution >= 0.6 is 22.9 Å². The number of thiazole rings is 1. The molecule has 0 spiro atoms. The highest BCUT2D eigenvalue weighted by molar-refractivity contribution is 7.09. The van der Waals surface area contributed by atoms with Crippen molar-refractivity contribution in [2.45, 2.75) is 26.9 Å². The van der Waals surface area contributed by atoms with Crippen LogP contribution in [0.1, 0.15) is 23.2 Å². The molecule has 0 aliphatic carbocycles. The first-order valence-corrected chi connectivity index (χ1v) is 9.56. The quantitative estimate of drug-likeness (QED) is 0.571. The fourth-order valence-corrected chi connectivity index (χ4v) is 3.42. The summed E-state index contributed by atoms with van der Waals surface area (Å²) < 4.78 is 10.9. The van der Waals surface area contributed by atoms with Crippen LogP contribution in [0.5, 0.6) is 11.5 Å². The zero-order valence-electron chi connectivity index (χ0n) is 15.8. The van der Waals surface area contributed by atoms with Gasteiger partial charge in [0.25, 0.3) is 0 Å². The molecule has 2 rings (SSSR count). The van der Waals surface area contributed by atoms with Gasteiger partial charge in [-0.3, -0.25) is 4.99 Å². The number of hydrogen-bond acceptors (Lipinski definition) is 5. The van der Waals surface area contributed by atoms with Gasteiger partial charge in [-0.1, -0.05) is 11.6 Å². The van der Waals surface area contributed by atoms with Gasteiger partial charge >= 0.3 is 0 Å². The Morgan fingerprint density at radius 1 is 1.42 bits per heavy atom. The fourth-order valence-electron chi connectivity index (χ4n) is 2.52. The first-order chi connectivity index (χ1) is 12.5. The number of benzene rings is 1. The molecule has 0 radical (unpaired) electrons. The van der Waals surface area contributed by atoms with Crippen molar-refractivity contribution >= 4 is 28.9 Å². The summed E-state index contributed by atoms with van der Waals surface area (Å²) in [5.74, 6) is 1.97. The van der Waals surface area contributed by atoms with Gasteiger partial charge in [0.2, 0.25) is 0 Å². The molecule has 6 nitrogen and oxygen atoms in total. The van der Waals surface area contributed by atoms with Crippen molar-refractivity contribution < 1.29 is 9.47 Å². The molecule has 1 aromatic heterocycles. The molecule has 0 fully saturated rings. The summed E-state index contributed by atoms with van der Waals surface area (Å²) in [5.41, 5.74) is 2.01. The van der Waals surface area contributed by atoms with Crippen molar-refractivity contribution in [3.8, 4) is 11.5 Å². The summed E-state index contributed by atoms with van der Waals surface area (Å²) in [4.78, 5) is 10.9. The summed E-state index contributed by atoms with van der Waals surface area (Å²) in [7, 11) is 5.35. The van der Waals surface area contributed by atoms with Crippen LogP contribution in [0, 0.1) is 6.92 Å². The molecule has 0 amide bonds. The number of nitrogens with zero attached hydrogens (tertiary/aromatic N) is 3. The minimum Gasteiger partial charge on any atom is -0.493 e. The first-order valence-electron chi connectivity index (χ1n) is 8.30. The van der Waals surface area contributed by atoms with E-state index >= 15 is 0 Å². The van der Waals surface area contributed by atoms with E-state index in [-0.39, 0.29) is 0 Å². The summed E-state index contributed by atoms with van der Waals surface area (Å²) in [6.45, 7) is 5.70. The maximum absolute atomic E-state index is 6.33. The van der Waals surface area contributed by atoms with Gasteiger partial charge in [0, 0.05) is 26.0 Å². The van der Waals surface area contributed by atoms with Crippen molar-refractivity contribution in [2.75, 3.05) is 27.8 Å². The zero-order valence-corrected chi connectivity index (χ0v) is 17.4. The molecule has 0 aliphatic rings. The highest BCUT2D eigenvalue weighted by atomic mass is 35.5. The van der Waals surface area contributed by atoms with E-state index in [1.165, 1.54) is 0 Å². The van der Waals surface area contributed by atoms with Crippen molar-refractivity contribution in [2.24, 2.45) is 4.99 Å². The molecule has 0 bridgehead atoms. The van der Waals surface area contributed by atoms with E-state index in [1.807, 2.05) is 37.9 Å².